The molecule has 0 saturated carbocycles. The number of anilines is 1. The van der Waals surface area contributed by atoms with Crippen LogP contribution in [0.2, 0.25) is 0 Å². The third kappa shape index (κ3) is 2.48. The molecule has 2 nitrogen and oxygen atoms in total. The molecule has 0 aliphatic carbocycles. The molecule has 0 aliphatic heterocycles. The van der Waals surface area contributed by atoms with Crippen molar-refractivity contribution >= 4 is 5.69 Å². The molecule has 0 aliphatic rings. The van der Waals surface area contributed by atoms with Gasteiger partial charge in [0.1, 0.15) is 5.82 Å². The minimum Gasteiger partial charge on any atom is -0.397 e. The molecule has 0 heterocycles. The van der Waals surface area contributed by atoms with Crippen molar-refractivity contribution in [2.75, 3.05) is 19.3 Å². The molecule has 0 radical (unpaired) electrons. The Labute approximate surface area is 83.3 Å². The number of nitrogens with one attached hydrogen (secondary N) is 1. The van der Waals surface area contributed by atoms with Crippen LogP contribution in [0, 0.1) is 24.6 Å². The molecular formula is C11H13FN2. The van der Waals surface area contributed by atoms with Gasteiger partial charge in [0.15, 0.2) is 0 Å². The van der Waals surface area contributed by atoms with Crippen LogP contribution in [0.3, 0.4) is 0 Å². The van der Waals surface area contributed by atoms with Gasteiger partial charge in [0, 0.05) is 0 Å². The van der Waals surface area contributed by atoms with Gasteiger partial charge in [-0.2, -0.15) is 0 Å². The average molecular weight is 192 g/mol. The predicted octanol–water partition coefficient (Wildman–Crippen LogP) is 1.29. The number of halogens is 1. The van der Waals surface area contributed by atoms with Crippen LogP contribution in [0.25, 0.3) is 0 Å². The Morgan fingerprint density at radius 1 is 1.50 bits per heavy atom. The Hall–Kier alpha value is -1.53. The molecule has 0 unspecified atom stereocenters. The van der Waals surface area contributed by atoms with E-state index in [1.165, 1.54) is 12.1 Å². The molecule has 3 heteroatoms. The van der Waals surface area contributed by atoms with E-state index in [1.807, 2.05) is 0 Å². The Morgan fingerprint density at radius 2 is 2.21 bits per heavy atom. The van der Waals surface area contributed by atoms with Gasteiger partial charge in [-0.1, -0.05) is 11.8 Å². The van der Waals surface area contributed by atoms with Crippen LogP contribution in [-0.2, 0) is 0 Å². The van der Waals surface area contributed by atoms with Crippen molar-refractivity contribution in [3.8, 4) is 11.8 Å². The normalized spacial score (nSPS) is 9.36. The summed E-state index contributed by atoms with van der Waals surface area (Å²) in [5.41, 5.74) is 7.57. The first-order chi connectivity index (χ1) is 6.65. The quantitative estimate of drug-likeness (QED) is 0.519. The van der Waals surface area contributed by atoms with E-state index >= 15 is 0 Å². The standard InChI is InChI=1S/C11H13FN2/c1-8-6-10(12)7-9(11(8)13)4-3-5-14-2/h6-7,14H,5,13H2,1-2H3. The molecule has 0 saturated heterocycles. The molecule has 1 aromatic carbocycles. The fraction of sp³-hybridized carbons (Fsp3) is 0.273. The second kappa shape index (κ2) is 4.64. The lowest BCUT2D eigenvalue weighted by molar-refractivity contribution is 0.626. The summed E-state index contributed by atoms with van der Waals surface area (Å²) in [6, 6.07) is 2.75. The number of aryl methyl sites for hydroxylation is 1. The maximum absolute atomic E-state index is 13.0. The molecular weight excluding hydrogens is 179 g/mol. The van der Waals surface area contributed by atoms with E-state index in [0.29, 0.717) is 17.8 Å². The molecule has 74 valence electrons. The lowest BCUT2D eigenvalue weighted by atomic mass is 10.1. The monoisotopic (exact) mass is 192 g/mol. The van der Waals surface area contributed by atoms with E-state index in [0.717, 1.165) is 5.56 Å². The summed E-state index contributed by atoms with van der Waals surface area (Å²) in [5, 5.41) is 2.88. The van der Waals surface area contributed by atoms with Crippen LogP contribution in [0.4, 0.5) is 10.1 Å². The smallest absolute Gasteiger partial charge is 0.124 e. The SMILES string of the molecule is CNCC#Cc1cc(F)cc(C)c1N. The molecule has 0 bridgehead atoms. The topological polar surface area (TPSA) is 38.0 Å². The maximum atomic E-state index is 13.0. The minimum absolute atomic E-state index is 0.301. The Kier molecular flexibility index (Phi) is 3.49. The van der Waals surface area contributed by atoms with Crippen molar-refractivity contribution in [2.45, 2.75) is 6.92 Å². The summed E-state index contributed by atoms with van der Waals surface area (Å²) in [6.07, 6.45) is 0. The Bertz CT molecular complexity index is 388. The summed E-state index contributed by atoms with van der Waals surface area (Å²) < 4.78 is 13.0. The number of hydrogen-bond donors (Lipinski definition) is 2. The zero-order valence-electron chi connectivity index (χ0n) is 8.32. The third-order valence-corrected chi connectivity index (χ3v) is 1.84. The molecule has 3 N–H and O–H groups in total. The molecule has 0 spiro atoms. The van der Waals surface area contributed by atoms with Crippen LogP contribution in [0.1, 0.15) is 11.1 Å². The molecule has 1 rings (SSSR count). The number of nitrogen functional groups attached to an aromatic ring is 1. The molecule has 14 heavy (non-hydrogen) atoms. The van der Waals surface area contributed by atoms with Gasteiger partial charge >= 0.3 is 0 Å². The van der Waals surface area contributed by atoms with Gasteiger partial charge in [0.05, 0.1) is 17.8 Å². The van der Waals surface area contributed by atoms with Gasteiger partial charge in [0.2, 0.25) is 0 Å². The Morgan fingerprint density at radius 3 is 2.86 bits per heavy atom. The highest BCUT2D eigenvalue weighted by Crippen LogP contribution is 2.17. The lowest BCUT2D eigenvalue weighted by Crippen LogP contribution is -2.04. The number of benzene rings is 1. The van der Waals surface area contributed by atoms with Crippen LogP contribution in [0.5, 0.6) is 0 Å². The molecule has 0 fully saturated rings. The Balaban J connectivity index is 3.04. The second-order valence-electron chi connectivity index (χ2n) is 3.02. The lowest BCUT2D eigenvalue weighted by Gasteiger charge is -2.02. The summed E-state index contributed by atoms with van der Waals surface area (Å²) >= 11 is 0. The van der Waals surface area contributed by atoms with E-state index in [9.17, 15) is 4.39 Å². The number of rotatable bonds is 1. The molecule has 1 aromatic rings. The number of nitrogens with two attached hydrogens (primary N) is 1. The molecule has 0 amide bonds. The van der Waals surface area contributed by atoms with E-state index in [4.69, 9.17) is 5.73 Å². The maximum Gasteiger partial charge on any atom is 0.124 e. The van der Waals surface area contributed by atoms with Gasteiger partial charge in [-0.05, 0) is 31.7 Å². The third-order valence-electron chi connectivity index (χ3n) is 1.84. The summed E-state index contributed by atoms with van der Waals surface area (Å²) in [7, 11) is 1.80. The predicted molar refractivity (Wildman–Crippen MR) is 56.4 cm³/mol. The van der Waals surface area contributed by atoms with Gasteiger partial charge in [0.25, 0.3) is 0 Å². The van der Waals surface area contributed by atoms with Gasteiger partial charge < -0.3 is 11.1 Å². The fourth-order valence-corrected chi connectivity index (χ4v) is 1.09. The van der Waals surface area contributed by atoms with Crippen LogP contribution in [0.15, 0.2) is 12.1 Å². The number of hydrogen-bond acceptors (Lipinski definition) is 2. The van der Waals surface area contributed by atoms with Crippen molar-refractivity contribution in [1.82, 2.24) is 5.32 Å². The van der Waals surface area contributed by atoms with E-state index in [-0.39, 0.29) is 5.82 Å². The zero-order valence-corrected chi connectivity index (χ0v) is 8.32. The van der Waals surface area contributed by atoms with Gasteiger partial charge in [-0.3, -0.25) is 0 Å². The first kappa shape index (κ1) is 10.6. The summed E-state index contributed by atoms with van der Waals surface area (Å²) in [4.78, 5) is 0. The molecule has 0 atom stereocenters. The van der Waals surface area contributed by atoms with Crippen molar-refractivity contribution < 1.29 is 4.39 Å². The van der Waals surface area contributed by atoms with Gasteiger partial charge in [-0.15, -0.1) is 0 Å². The zero-order chi connectivity index (χ0) is 10.6. The van der Waals surface area contributed by atoms with Gasteiger partial charge in [-0.25, -0.2) is 4.39 Å². The van der Waals surface area contributed by atoms with Crippen LogP contribution in [-0.4, -0.2) is 13.6 Å². The highest BCUT2D eigenvalue weighted by molar-refractivity contribution is 5.60. The first-order valence-electron chi connectivity index (χ1n) is 4.34. The summed E-state index contributed by atoms with van der Waals surface area (Å²) in [6.45, 7) is 2.33. The first-order valence-corrected chi connectivity index (χ1v) is 4.34. The van der Waals surface area contributed by atoms with Crippen molar-refractivity contribution in [3.63, 3.8) is 0 Å². The van der Waals surface area contributed by atoms with E-state index in [1.54, 1.807) is 14.0 Å². The van der Waals surface area contributed by atoms with E-state index in [2.05, 4.69) is 17.2 Å². The van der Waals surface area contributed by atoms with Crippen molar-refractivity contribution in [3.05, 3.63) is 29.1 Å². The van der Waals surface area contributed by atoms with Crippen LogP contribution < -0.4 is 11.1 Å². The minimum atomic E-state index is -0.301. The average Bonchev–Trinajstić information content (AvgIpc) is 2.13. The summed E-state index contributed by atoms with van der Waals surface area (Å²) in [5.74, 6) is 5.36. The van der Waals surface area contributed by atoms with Crippen molar-refractivity contribution in [1.29, 1.82) is 0 Å². The molecule has 0 aromatic heterocycles. The van der Waals surface area contributed by atoms with Crippen LogP contribution >= 0.6 is 0 Å². The largest absolute Gasteiger partial charge is 0.397 e. The van der Waals surface area contributed by atoms with E-state index < -0.39 is 0 Å². The highest BCUT2D eigenvalue weighted by Gasteiger charge is 2.02. The highest BCUT2D eigenvalue weighted by atomic mass is 19.1. The van der Waals surface area contributed by atoms with Crippen molar-refractivity contribution in [2.24, 2.45) is 0 Å². The second-order valence-corrected chi connectivity index (χ2v) is 3.02. The fourth-order valence-electron chi connectivity index (χ4n) is 1.09.